The topological polar surface area (TPSA) is 102 Å². The monoisotopic (exact) mass is 327 g/mol. The van der Waals surface area contributed by atoms with Gasteiger partial charge in [-0.25, -0.2) is 9.79 Å². The summed E-state index contributed by atoms with van der Waals surface area (Å²) in [5.74, 6) is -1.09. The van der Waals surface area contributed by atoms with Gasteiger partial charge >= 0.3 is 5.97 Å². The lowest BCUT2D eigenvalue weighted by Crippen LogP contribution is -2.28. The third kappa shape index (κ3) is 15.4. The first-order chi connectivity index (χ1) is 11.1. The Hall–Kier alpha value is -1.26. The zero-order valence-corrected chi connectivity index (χ0v) is 14.9. The van der Waals surface area contributed by atoms with Crippen molar-refractivity contribution in [3.05, 3.63) is 0 Å². The molecule has 0 aliphatic rings. The second-order valence-electron chi connectivity index (χ2n) is 6.44. The highest BCUT2D eigenvalue weighted by molar-refractivity contribution is 5.81. The fourth-order valence-electron chi connectivity index (χ4n) is 2.78. The first kappa shape index (κ1) is 21.7. The van der Waals surface area contributed by atoms with Gasteiger partial charge in [0.2, 0.25) is 0 Å². The second kappa shape index (κ2) is 15.6. The summed E-state index contributed by atoms with van der Waals surface area (Å²) in [6.45, 7) is 2.25. The number of carboxylic acid groups (broad SMARTS) is 1. The van der Waals surface area contributed by atoms with E-state index in [4.69, 9.17) is 16.6 Å². The molecule has 0 aromatic rings. The van der Waals surface area contributed by atoms with E-state index in [9.17, 15) is 4.79 Å². The van der Waals surface area contributed by atoms with Gasteiger partial charge in [0.1, 0.15) is 0 Å². The number of rotatable bonds is 16. The fourth-order valence-corrected chi connectivity index (χ4v) is 2.78. The van der Waals surface area contributed by atoms with Crippen LogP contribution in [0.1, 0.15) is 96.8 Å². The van der Waals surface area contributed by atoms with Crippen LogP contribution >= 0.6 is 0 Å². The smallest absolute Gasteiger partial charge is 0.328 e. The molecule has 0 saturated heterocycles. The van der Waals surface area contributed by atoms with Crippen LogP contribution in [0.5, 0.6) is 0 Å². The minimum Gasteiger partial charge on any atom is -0.480 e. The van der Waals surface area contributed by atoms with E-state index < -0.39 is 12.0 Å². The van der Waals surface area contributed by atoms with Crippen LogP contribution in [-0.2, 0) is 4.79 Å². The summed E-state index contributed by atoms with van der Waals surface area (Å²) in [6.07, 6.45) is 17.1. The highest BCUT2D eigenvalue weighted by Crippen LogP contribution is 2.14. The van der Waals surface area contributed by atoms with Gasteiger partial charge in [0.05, 0.1) is 0 Å². The molecule has 0 amide bonds. The van der Waals surface area contributed by atoms with Crippen LogP contribution in [0.3, 0.4) is 0 Å². The van der Waals surface area contributed by atoms with E-state index in [1.54, 1.807) is 0 Å². The number of carboxylic acids is 1. The van der Waals surface area contributed by atoms with E-state index >= 15 is 0 Å². The standard InChI is InChI=1S/C18H37N3O2/c1-2-3-4-5-6-7-8-9-10-11-12-13-14-15-16(17(22)23)21-18(19)20/h16H,2-15H2,1H3,(H,22,23)(H4,19,20,21). The molecule has 0 radical (unpaired) electrons. The fraction of sp³-hybridized carbons (Fsp3) is 0.889. The highest BCUT2D eigenvalue weighted by atomic mass is 16.4. The number of guanidine groups is 1. The van der Waals surface area contributed by atoms with Crippen LogP contribution in [0, 0.1) is 0 Å². The Morgan fingerprint density at radius 3 is 1.57 bits per heavy atom. The van der Waals surface area contributed by atoms with Crippen molar-refractivity contribution in [3.8, 4) is 0 Å². The highest BCUT2D eigenvalue weighted by Gasteiger charge is 2.15. The molecule has 23 heavy (non-hydrogen) atoms. The minimum atomic E-state index is -0.947. The molecule has 5 heteroatoms. The Balaban J connectivity index is 3.36. The van der Waals surface area contributed by atoms with Crippen LogP contribution in [-0.4, -0.2) is 23.1 Å². The zero-order chi connectivity index (χ0) is 17.3. The van der Waals surface area contributed by atoms with E-state index in [0.29, 0.717) is 6.42 Å². The van der Waals surface area contributed by atoms with Crippen molar-refractivity contribution in [1.29, 1.82) is 0 Å². The first-order valence-corrected chi connectivity index (χ1v) is 9.39. The summed E-state index contributed by atoms with van der Waals surface area (Å²) in [7, 11) is 0. The Morgan fingerprint density at radius 2 is 1.22 bits per heavy atom. The van der Waals surface area contributed by atoms with Crippen molar-refractivity contribution in [3.63, 3.8) is 0 Å². The molecule has 0 aliphatic carbocycles. The maximum Gasteiger partial charge on any atom is 0.328 e. The van der Waals surface area contributed by atoms with Gasteiger partial charge in [-0.1, -0.05) is 90.4 Å². The Bertz CT molecular complexity index is 315. The summed E-state index contributed by atoms with van der Waals surface area (Å²) in [4.78, 5) is 14.7. The Kier molecular flexibility index (Phi) is 14.8. The Labute approximate surface area is 141 Å². The average Bonchev–Trinajstić information content (AvgIpc) is 2.50. The number of nitrogens with two attached hydrogens (primary N) is 2. The predicted octanol–water partition coefficient (Wildman–Crippen LogP) is 4.19. The quantitative estimate of drug-likeness (QED) is 0.225. The van der Waals surface area contributed by atoms with Gasteiger partial charge < -0.3 is 16.6 Å². The molecule has 0 bridgehead atoms. The first-order valence-electron chi connectivity index (χ1n) is 9.39. The van der Waals surface area contributed by atoms with E-state index in [1.165, 1.54) is 70.6 Å². The number of carbonyl (C=O) groups is 1. The third-order valence-corrected chi connectivity index (χ3v) is 4.17. The van der Waals surface area contributed by atoms with Gasteiger partial charge in [-0.2, -0.15) is 0 Å². The maximum atomic E-state index is 11.0. The van der Waals surface area contributed by atoms with Gasteiger partial charge in [0.25, 0.3) is 0 Å². The van der Waals surface area contributed by atoms with Crippen molar-refractivity contribution in [2.24, 2.45) is 16.5 Å². The molecule has 0 aromatic carbocycles. The Morgan fingerprint density at radius 1 is 0.826 bits per heavy atom. The molecule has 0 aliphatic heterocycles. The van der Waals surface area contributed by atoms with Crippen molar-refractivity contribution in [2.75, 3.05) is 0 Å². The molecular formula is C18H37N3O2. The van der Waals surface area contributed by atoms with Gasteiger partial charge in [-0.15, -0.1) is 0 Å². The molecule has 0 spiro atoms. The summed E-state index contributed by atoms with van der Waals surface area (Å²) in [6, 6.07) is -0.785. The third-order valence-electron chi connectivity index (χ3n) is 4.17. The van der Waals surface area contributed by atoms with Crippen LogP contribution in [0.15, 0.2) is 4.99 Å². The van der Waals surface area contributed by atoms with Gasteiger partial charge in [0, 0.05) is 0 Å². The van der Waals surface area contributed by atoms with Crippen molar-refractivity contribution in [2.45, 2.75) is 103 Å². The molecule has 5 nitrogen and oxygen atoms in total. The number of nitrogens with zero attached hydrogens (tertiary/aromatic N) is 1. The lowest BCUT2D eigenvalue weighted by Gasteiger charge is -2.07. The summed E-state index contributed by atoms with van der Waals surface area (Å²) in [5, 5.41) is 9.00. The summed E-state index contributed by atoms with van der Waals surface area (Å²) in [5.41, 5.74) is 10.5. The molecule has 0 heterocycles. The molecule has 1 unspecified atom stereocenters. The number of aliphatic carboxylic acids is 1. The van der Waals surface area contributed by atoms with Crippen LogP contribution < -0.4 is 11.5 Å². The normalized spacial score (nSPS) is 12.0. The zero-order valence-electron chi connectivity index (χ0n) is 14.9. The number of unbranched alkanes of at least 4 members (excludes halogenated alkanes) is 12. The van der Waals surface area contributed by atoms with Crippen LogP contribution in [0.25, 0.3) is 0 Å². The van der Waals surface area contributed by atoms with Crippen molar-refractivity contribution >= 4 is 11.9 Å². The van der Waals surface area contributed by atoms with Crippen LogP contribution in [0.4, 0.5) is 0 Å². The average molecular weight is 328 g/mol. The largest absolute Gasteiger partial charge is 0.480 e. The van der Waals surface area contributed by atoms with E-state index in [1.807, 2.05) is 0 Å². The minimum absolute atomic E-state index is 0.146. The number of hydrogen-bond donors (Lipinski definition) is 3. The van der Waals surface area contributed by atoms with E-state index in [2.05, 4.69) is 11.9 Å². The van der Waals surface area contributed by atoms with Crippen LogP contribution in [0.2, 0.25) is 0 Å². The second-order valence-corrected chi connectivity index (χ2v) is 6.44. The molecule has 0 rings (SSSR count). The van der Waals surface area contributed by atoms with Gasteiger partial charge in [-0.05, 0) is 6.42 Å². The maximum absolute atomic E-state index is 11.0. The number of hydrogen-bond acceptors (Lipinski definition) is 2. The van der Waals surface area contributed by atoms with E-state index in [0.717, 1.165) is 12.8 Å². The molecule has 136 valence electrons. The van der Waals surface area contributed by atoms with Crippen molar-refractivity contribution < 1.29 is 9.90 Å². The van der Waals surface area contributed by atoms with Gasteiger partial charge in [0.15, 0.2) is 12.0 Å². The lowest BCUT2D eigenvalue weighted by atomic mass is 10.0. The SMILES string of the molecule is CCCCCCCCCCCCCCCC(N=C(N)N)C(=O)O. The molecule has 0 saturated carbocycles. The summed E-state index contributed by atoms with van der Waals surface area (Å²) < 4.78 is 0. The van der Waals surface area contributed by atoms with Crippen molar-refractivity contribution in [1.82, 2.24) is 0 Å². The predicted molar refractivity (Wildman–Crippen MR) is 97.5 cm³/mol. The molecule has 0 fully saturated rings. The molecular weight excluding hydrogens is 290 g/mol. The van der Waals surface area contributed by atoms with E-state index in [-0.39, 0.29) is 5.96 Å². The molecule has 5 N–H and O–H groups in total. The molecule has 0 aromatic heterocycles. The number of aliphatic imine (C=N–C) groups is 1. The molecule has 1 atom stereocenters. The van der Waals surface area contributed by atoms with Gasteiger partial charge in [-0.3, -0.25) is 0 Å². The summed E-state index contributed by atoms with van der Waals surface area (Å²) >= 11 is 0. The lowest BCUT2D eigenvalue weighted by molar-refractivity contribution is -0.138.